The zero-order chi connectivity index (χ0) is 41.0. The van der Waals surface area contributed by atoms with Gasteiger partial charge in [0.25, 0.3) is 5.91 Å². The molecule has 0 saturated heterocycles. The fraction of sp³-hybridized carbons (Fsp3) is 0.675. The number of hydrogen-bond donors (Lipinski definition) is 7. The van der Waals surface area contributed by atoms with Crippen molar-refractivity contribution in [2.24, 2.45) is 11.3 Å². The molecule has 1 heterocycles. The van der Waals surface area contributed by atoms with Crippen LogP contribution in [0.5, 0.6) is 0 Å². The van der Waals surface area contributed by atoms with E-state index < -0.39 is 48.2 Å². The first-order valence-corrected chi connectivity index (χ1v) is 20.5. The predicted octanol–water partition coefficient (Wildman–Crippen LogP) is 5.52. The number of aliphatic carboxylic acids is 1. The smallest absolute Gasteiger partial charge is 0.407 e. The summed E-state index contributed by atoms with van der Waals surface area (Å²) < 4.78 is 5.90. The molecule has 0 radical (unpaired) electrons. The fourth-order valence-electron chi connectivity index (χ4n) is 6.19. The van der Waals surface area contributed by atoms with Crippen LogP contribution in [-0.2, 0) is 20.7 Å². The number of amides is 3. The van der Waals surface area contributed by atoms with Gasteiger partial charge in [0.15, 0.2) is 6.10 Å². The maximum atomic E-state index is 13.8. The maximum Gasteiger partial charge on any atom is 0.407 e. The summed E-state index contributed by atoms with van der Waals surface area (Å²) >= 11 is 1.14. The summed E-state index contributed by atoms with van der Waals surface area (Å²) in [4.78, 5) is 59.1. The summed E-state index contributed by atoms with van der Waals surface area (Å²) in [6, 6.07) is 6.58. The van der Waals surface area contributed by atoms with Crippen molar-refractivity contribution in [1.82, 2.24) is 20.5 Å². The molecule has 1 aromatic carbocycles. The molecule has 0 aliphatic heterocycles. The third-order valence-electron chi connectivity index (χ3n) is 9.46. The predicted molar refractivity (Wildman–Crippen MR) is 214 cm³/mol. The van der Waals surface area contributed by atoms with Crippen molar-refractivity contribution in [3.63, 3.8) is 0 Å². The van der Waals surface area contributed by atoms with Gasteiger partial charge in [0.2, 0.25) is 5.91 Å². The second-order valence-electron chi connectivity index (χ2n) is 15.1. The summed E-state index contributed by atoms with van der Waals surface area (Å²) in [7, 11) is 0. The van der Waals surface area contributed by atoms with E-state index in [1.54, 1.807) is 19.2 Å². The van der Waals surface area contributed by atoms with Crippen LogP contribution in [0.1, 0.15) is 126 Å². The number of benzene rings is 1. The minimum Gasteiger partial charge on any atom is -0.481 e. The molecule has 55 heavy (non-hydrogen) atoms. The number of aliphatic hydroxyl groups excluding tert-OH is 3. The molecular weight excluding hydrogens is 727 g/mol. The lowest BCUT2D eigenvalue weighted by Crippen LogP contribution is -2.45. The van der Waals surface area contributed by atoms with Gasteiger partial charge in [-0.2, -0.15) is 0 Å². The van der Waals surface area contributed by atoms with Crippen LogP contribution in [0.4, 0.5) is 10.5 Å². The number of carboxylic acid groups (broad SMARTS) is 1. The highest BCUT2D eigenvalue weighted by Crippen LogP contribution is 2.32. The van der Waals surface area contributed by atoms with Crippen molar-refractivity contribution in [3.8, 4) is 0 Å². The number of aliphatic hydroxyl groups is 3. The molecular formula is C40H65N5O9S. The Bertz CT molecular complexity index is 1450. The van der Waals surface area contributed by atoms with Crippen molar-refractivity contribution >= 4 is 40.9 Å². The summed E-state index contributed by atoms with van der Waals surface area (Å²) in [5.74, 6) is -1.49. The van der Waals surface area contributed by atoms with E-state index in [1.165, 1.54) is 0 Å². The van der Waals surface area contributed by atoms with Crippen LogP contribution in [0.2, 0.25) is 0 Å². The lowest BCUT2D eigenvalue weighted by molar-refractivity contribution is -0.147. The summed E-state index contributed by atoms with van der Waals surface area (Å²) in [5.41, 5.74) is 0.618. The third-order valence-corrected chi connectivity index (χ3v) is 10.4. The first kappa shape index (κ1) is 47.4. The minimum absolute atomic E-state index is 0.0114. The van der Waals surface area contributed by atoms with Crippen LogP contribution in [0, 0.1) is 11.3 Å². The Morgan fingerprint density at radius 2 is 1.69 bits per heavy atom. The average molecular weight is 792 g/mol. The molecule has 310 valence electrons. The highest BCUT2D eigenvalue weighted by molar-refractivity contribution is 7.09. The first-order chi connectivity index (χ1) is 26.1. The Balaban J connectivity index is 2.43. The molecule has 0 aliphatic carbocycles. The average Bonchev–Trinajstić information content (AvgIpc) is 3.65. The number of carbonyl (C=O) groups excluding carboxylic acids is 3. The Hall–Kier alpha value is -3.79. The highest BCUT2D eigenvalue weighted by atomic mass is 32.1. The molecule has 2 rings (SSSR count). The molecule has 14 nitrogen and oxygen atoms in total. The maximum absolute atomic E-state index is 13.8. The van der Waals surface area contributed by atoms with Gasteiger partial charge in [-0.05, 0) is 63.1 Å². The third kappa shape index (κ3) is 16.9. The Labute approximate surface area is 330 Å². The number of carbonyl (C=O) groups is 4. The van der Waals surface area contributed by atoms with Crippen molar-refractivity contribution in [2.45, 2.75) is 130 Å². The Morgan fingerprint density at radius 1 is 1.00 bits per heavy atom. The van der Waals surface area contributed by atoms with E-state index in [0.29, 0.717) is 30.9 Å². The van der Waals surface area contributed by atoms with Crippen molar-refractivity contribution < 1.29 is 44.3 Å². The molecule has 4 atom stereocenters. The Morgan fingerprint density at radius 3 is 2.29 bits per heavy atom. The molecule has 3 amide bonds. The van der Waals surface area contributed by atoms with Crippen LogP contribution < -0.4 is 16.0 Å². The van der Waals surface area contributed by atoms with Gasteiger partial charge >= 0.3 is 12.1 Å². The molecule has 2 aromatic rings. The van der Waals surface area contributed by atoms with E-state index in [0.717, 1.165) is 61.1 Å². The van der Waals surface area contributed by atoms with Gasteiger partial charge < -0.3 is 46.0 Å². The van der Waals surface area contributed by atoms with E-state index in [1.807, 2.05) is 49.9 Å². The van der Waals surface area contributed by atoms with E-state index in [4.69, 9.17) is 9.84 Å². The standard InChI is InChI=1S/C40H65N5O9S/c1-7-9-11-12-19-45(35(49)13-10-8-2)33(27(3)4)22-34(54-39(53)42-24-31(48)25-47)37-44-32(26-55-37)36(50)43-30(23-40(5,6)38(51)52)21-28-14-16-29(17-15-28)41-18-20-46/h14-17,26-27,30-31,33-34,41,46-48H,7-13,18-25H2,1-6H3,(H,42,53)(H,43,50)(H,51,52). The first-order valence-electron chi connectivity index (χ1n) is 19.6. The molecule has 4 unspecified atom stereocenters. The quantitative estimate of drug-likeness (QED) is 0.0560. The van der Waals surface area contributed by atoms with Gasteiger partial charge in [-0.3, -0.25) is 14.4 Å². The van der Waals surface area contributed by atoms with E-state index in [2.05, 4.69) is 27.9 Å². The largest absolute Gasteiger partial charge is 0.481 e. The number of thiazole rings is 1. The summed E-state index contributed by atoms with van der Waals surface area (Å²) in [6.07, 6.45) is 3.70. The number of hydrogen-bond acceptors (Lipinski definition) is 11. The number of nitrogens with zero attached hydrogens (tertiary/aromatic N) is 2. The summed E-state index contributed by atoms with van der Waals surface area (Å²) in [5, 5.41) is 48.5. The highest BCUT2D eigenvalue weighted by Gasteiger charge is 2.34. The molecule has 0 bridgehead atoms. The van der Waals surface area contributed by atoms with Crippen LogP contribution in [0.3, 0.4) is 0 Å². The van der Waals surface area contributed by atoms with E-state index in [-0.39, 0.29) is 49.6 Å². The topological polar surface area (TPSA) is 211 Å². The second-order valence-corrected chi connectivity index (χ2v) is 16.0. The van der Waals surface area contributed by atoms with Gasteiger partial charge in [0, 0.05) is 55.6 Å². The number of ether oxygens (including phenoxy) is 1. The SMILES string of the molecule is CCCCCCN(C(=O)CCCC)C(CC(OC(=O)NCC(O)CO)c1nc(C(=O)NC(Cc2ccc(NCCO)cc2)CC(C)(C)C(=O)O)cs1)C(C)C. The van der Waals surface area contributed by atoms with Gasteiger partial charge in [-0.1, -0.05) is 65.5 Å². The van der Waals surface area contributed by atoms with E-state index in [9.17, 15) is 34.5 Å². The second kappa shape index (κ2) is 24.7. The van der Waals surface area contributed by atoms with Gasteiger partial charge in [-0.15, -0.1) is 11.3 Å². The van der Waals surface area contributed by atoms with Crippen molar-refractivity contribution in [1.29, 1.82) is 0 Å². The van der Waals surface area contributed by atoms with Crippen LogP contribution in [0.15, 0.2) is 29.6 Å². The number of carboxylic acids is 1. The number of anilines is 1. The lowest BCUT2D eigenvalue weighted by Gasteiger charge is -2.36. The number of alkyl carbamates (subject to hydrolysis) is 1. The molecule has 0 saturated carbocycles. The molecule has 7 N–H and O–H groups in total. The normalized spacial score (nSPS) is 13.8. The lowest BCUT2D eigenvalue weighted by atomic mass is 9.84. The molecule has 0 fully saturated rings. The molecule has 0 spiro atoms. The number of nitrogens with one attached hydrogen (secondary N) is 3. The van der Waals surface area contributed by atoms with Gasteiger partial charge in [0.1, 0.15) is 10.7 Å². The molecule has 0 aliphatic rings. The number of rotatable bonds is 27. The number of aromatic nitrogens is 1. The fourth-order valence-corrected chi connectivity index (χ4v) is 7.03. The minimum atomic E-state index is -1.18. The zero-order valence-electron chi connectivity index (χ0n) is 33.5. The van der Waals surface area contributed by atoms with Gasteiger partial charge in [0.05, 0.1) is 24.7 Å². The van der Waals surface area contributed by atoms with Gasteiger partial charge in [-0.25, -0.2) is 9.78 Å². The van der Waals surface area contributed by atoms with Crippen LogP contribution >= 0.6 is 11.3 Å². The Kier molecular flexibility index (Phi) is 21.2. The number of unbranched alkanes of at least 4 members (excludes halogenated alkanes) is 4. The van der Waals surface area contributed by atoms with E-state index >= 15 is 0 Å². The summed E-state index contributed by atoms with van der Waals surface area (Å²) in [6.45, 7) is 11.6. The van der Waals surface area contributed by atoms with Crippen molar-refractivity contribution in [3.05, 3.63) is 45.9 Å². The zero-order valence-corrected chi connectivity index (χ0v) is 34.3. The van der Waals surface area contributed by atoms with Crippen molar-refractivity contribution in [2.75, 3.05) is 38.2 Å². The molecule has 1 aromatic heterocycles. The molecule has 15 heteroatoms. The van der Waals surface area contributed by atoms with Crippen LogP contribution in [-0.4, -0.2) is 105 Å². The monoisotopic (exact) mass is 791 g/mol. The van der Waals surface area contributed by atoms with Crippen LogP contribution in [0.25, 0.3) is 0 Å².